The van der Waals surface area contributed by atoms with Gasteiger partial charge in [-0.2, -0.15) is 26.3 Å². The molecular formula is C70H82BCl2F7N22O6. The Morgan fingerprint density at radius 1 is 0.556 bits per heavy atom. The summed E-state index contributed by atoms with van der Waals surface area (Å²) in [5.74, 6) is -1.80. The van der Waals surface area contributed by atoms with Gasteiger partial charge in [0.15, 0.2) is 0 Å². The van der Waals surface area contributed by atoms with E-state index in [1.54, 1.807) is 61.4 Å². The van der Waals surface area contributed by atoms with Gasteiger partial charge in [-0.25, -0.2) is 39.0 Å². The summed E-state index contributed by atoms with van der Waals surface area (Å²) in [6.45, 7) is 22.9. The fourth-order valence-electron chi connectivity index (χ4n) is 12.4. The third-order valence-corrected chi connectivity index (χ3v) is 19.5. The molecule has 0 bridgehead atoms. The largest absolute Gasteiger partial charge is 0.496 e. The minimum atomic E-state index is -4.63. The number of pyridine rings is 8. The number of anilines is 2. The number of carbonyl (C=O) groups excluding carboxylic acids is 2. The van der Waals surface area contributed by atoms with E-state index in [-0.39, 0.29) is 52.7 Å². The number of hydrogen-bond acceptors (Lipinski definition) is 22. The molecule has 4 fully saturated rings. The van der Waals surface area contributed by atoms with E-state index in [0.29, 0.717) is 75.6 Å². The maximum absolute atomic E-state index is 13.3. The Labute approximate surface area is 626 Å². The van der Waals surface area contributed by atoms with Gasteiger partial charge < -0.3 is 41.0 Å². The summed E-state index contributed by atoms with van der Waals surface area (Å²) in [6.07, 6.45) is 3.58. The predicted molar refractivity (Wildman–Crippen MR) is 394 cm³/mol. The van der Waals surface area contributed by atoms with Crippen molar-refractivity contribution in [2.24, 2.45) is 17.8 Å². The Morgan fingerprint density at radius 2 is 0.917 bits per heavy atom. The highest BCUT2D eigenvalue weighted by atomic mass is 35.5. The van der Waals surface area contributed by atoms with E-state index < -0.39 is 66.6 Å². The first kappa shape index (κ1) is 79.3. The average molecular weight is 1540 g/mol. The van der Waals surface area contributed by atoms with Crippen LogP contribution in [0, 0.1) is 17.8 Å². The molecule has 0 spiro atoms. The molecule has 2 amide bonds. The van der Waals surface area contributed by atoms with Gasteiger partial charge in [-0.1, -0.05) is 80.4 Å². The molecule has 0 saturated carbocycles. The highest BCUT2D eigenvalue weighted by molar-refractivity contribution is 6.62. The van der Waals surface area contributed by atoms with Crippen molar-refractivity contribution >= 4 is 131 Å². The van der Waals surface area contributed by atoms with Gasteiger partial charge in [-0.05, 0) is 128 Å². The lowest BCUT2D eigenvalue weighted by atomic mass is 9.79. The van der Waals surface area contributed by atoms with Crippen molar-refractivity contribution in [3.63, 3.8) is 0 Å². The number of rotatable bonds is 8. The standard InChI is InChI=1S/C23H23F3N8O.C17H19ClN6O.C13H13ClN6.C12H16BF3N2O2.C4H8O2.CH3F/c1-12(2)22(35)33-7-5-14(6-8-33)34-20-18(31-32-34)11-28-17-4-3-16(30-19(17)20)13-9-15(23(24,25)26)21(27)29-10-13;1-10(2)17(25)23-7-5-11(6-8-23)24-16-13(21-22-24)9-19-12-3-4-14(18)20-15(12)16;14-11-2-1-9-12(17-11)13-10(7-16-9)18-19-20(13)8-3-5-15-6-4-8;1-10(2)11(3,4)20-13(19-10)7-5-8(12(14,15)16)9(17)18-6-7;1-3(2)4(5)6;1-2/h3-4,9-12,14H,5-8H2,1-2H3,(H2,27,29);3-4,9-11H,5-8H2,1-2H3;1-2,7-8,15H,3-6H2;5-6H,1-4H3,(H2,17,18);3H,1-2H3,(H,5,6);1H3/i;;;;;1D. The van der Waals surface area contributed by atoms with Gasteiger partial charge in [0.25, 0.3) is 0 Å². The second kappa shape index (κ2) is 33.4. The summed E-state index contributed by atoms with van der Waals surface area (Å²) in [7, 11) is -1.89. The highest BCUT2D eigenvalue weighted by Crippen LogP contribution is 2.40. The van der Waals surface area contributed by atoms with Gasteiger partial charge >= 0.3 is 25.4 Å². The second-order valence-electron chi connectivity index (χ2n) is 28.0. The smallest absolute Gasteiger partial charge is 0.481 e. The Bertz CT molecular complexity index is 5060. The number of nitrogen functional groups attached to an aromatic ring is 2. The number of aliphatic carboxylic acids is 1. The van der Waals surface area contributed by atoms with Crippen molar-refractivity contribution in [2.45, 2.75) is 149 Å². The van der Waals surface area contributed by atoms with E-state index in [1.165, 1.54) is 12.4 Å². The quantitative estimate of drug-likeness (QED) is 0.0623. The number of likely N-dealkylation sites (tertiary alicyclic amines) is 2. The number of carboxylic acid groups (broad SMARTS) is 1. The number of nitrogens with zero attached hydrogens (tertiary/aromatic N) is 19. The molecule has 11 aromatic rings. The van der Waals surface area contributed by atoms with Crippen LogP contribution in [0.3, 0.4) is 0 Å². The topological polar surface area (TPSA) is 356 Å². The van der Waals surface area contributed by atoms with Crippen molar-refractivity contribution in [2.75, 3.05) is 57.9 Å². The van der Waals surface area contributed by atoms with E-state index in [4.69, 9.17) is 50.5 Å². The summed E-state index contributed by atoms with van der Waals surface area (Å²) >= 11 is 12.1. The van der Waals surface area contributed by atoms with Crippen LogP contribution in [-0.2, 0) is 36.0 Å². The zero-order valence-electron chi connectivity index (χ0n) is 61.8. The molecule has 4 aliphatic rings. The van der Waals surface area contributed by atoms with Crippen LogP contribution < -0.4 is 22.2 Å². The zero-order valence-corrected chi connectivity index (χ0v) is 62.3. The fraction of sp³-hybridized carbons (Fsp3) is 0.471. The number of hydrogen-bond donors (Lipinski definition) is 4. The molecule has 28 nitrogen and oxygen atoms in total. The van der Waals surface area contributed by atoms with E-state index in [9.17, 15) is 45.1 Å². The van der Waals surface area contributed by atoms with Gasteiger partial charge in [0, 0.05) is 61.4 Å². The number of fused-ring (bicyclic) bond motifs is 9. The first-order valence-corrected chi connectivity index (χ1v) is 35.5. The van der Waals surface area contributed by atoms with Crippen LogP contribution in [0.2, 0.25) is 10.3 Å². The van der Waals surface area contributed by atoms with Gasteiger partial charge in [0.2, 0.25) is 11.8 Å². The van der Waals surface area contributed by atoms with E-state index in [2.05, 4.69) is 76.1 Å². The van der Waals surface area contributed by atoms with E-state index >= 15 is 0 Å². The van der Waals surface area contributed by atoms with Gasteiger partial charge in [-0.3, -0.25) is 33.7 Å². The van der Waals surface area contributed by atoms with Crippen molar-refractivity contribution in [3.05, 3.63) is 101 Å². The van der Waals surface area contributed by atoms with Crippen LogP contribution in [0.5, 0.6) is 0 Å². The predicted octanol–water partition coefficient (Wildman–Crippen LogP) is 12.0. The molecule has 0 atom stereocenters. The molecule has 15 heterocycles. The molecule has 0 aromatic carbocycles. The number of aromatic nitrogens is 17. The summed E-state index contributed by atoms with van der Waals surface area (Å²) < 4.78 is 111. The second-order valence-corrected chi connectivity index (χ2v) is 28.8. The van der Waals surface area contributed by atoms with Crippen LogP contribution in [0.25, 0.3) is 77.5 Å². The van der Waals surface area contributed by atoms with Crippen LogP contribution in [0.15, 0.2) is 79.5 Å². The fourth-order valence-corrected chi connectivity index (χ4v) is 12.7. The molecule has 15 rings (SSSR count). The Morgan fingerprint density at radius 3 is 1.30 bits per heavy atom. The number of carbonyl (C=O) groups is 3. The lowest BCUT2D eigenvalue weighted by Crippen LogP contribution is -2.41. The lowest BCUT2D eigenvalue weighted by molar-refractivity contribution is -0.140. The van der Waals surface area contributed by atoms with Crippen molar-refractivity contribution in [1.29, 1.82) is 0 Å². The van der Waals surface area contributed by atoms with Crippen LogP contribution in [-0.4, -0.2) is 182 Å². The normalized spacial score (nSPS) is 16.5. The third-order valence-electron chi connectivity index (χ3n) is 19.0. The highest BCUT2D eigenvalue weighted by Gasteiger charge is 2.52. The van der Waals surface area contributed by atoms with Crippen molar-refractivity contribution in [1.82, 2.24) is 100.0 Å². The number of piperidine rings is 3. The molecule has 6 N–H and O–H groups in total. The molecule has 0 radical (unpaired) electrons. The van der Waals surface area contributed by atoms with E-state index in [0.717, 1.165) is 103 Å². The number of alkyl halides is 7. The molecular weight excluding hydrogens is 1460 g/mol. The summed E-state index contributed by atoms with van der Waals surface area (Å²) in [6, 6.07) is 12.9. The van der Waals surface area contributed by atoms with Crippen molar-refractivity contribution in [3.8, 4) is 11.3 Å². The Kier molecular flexibility index (Phi) is 24.5. The van der Waals surface area contributed by atoms with Gasteiger partial charge in [-0.15, -0.1) is 15.3 Å². The minimum absolute atomic E-state index is 0.00212. The average Bonchev–Trinajstić information content (AvgIpc) is 1.64. The maximum Gasteiger partial charge on any atom is 0.496 e. The SMILES string of the molecule is CC(C)C(=O)N1CCC(n2nnc3cnc4ccc(-c5cnc(N)c(C(F)(F)F)c5)nc4c32)CC1.CC(C)C(=O)N1CCC(n2nnc3cnc4ccc(Cl)nc4c32)CC1.CC(C)C(=O)O.CC1(C)OB(c2cnc(N)c(C(F)(F)F)c2)OC1(C)C.Clc1ccc2ncc3nnn(C4CCNCC4)c3c2n1.[2H]CF. The number of nitrogens with two attached hydrogens (primary N) is 2. The first-order chi connectivity index (χ1) is 51.5. The molecule has 4 aliphatic heterocycles. The maximum atomic E-state index is 13.3. The molecule has 574 valence electrons. The van der Waals surface area contributed by atoms with Crippen LogP contribution in [0.1, 0.15) is 138 Å². The minimum Gasteiger partial charge on any atom is -0.481 e. The lowest BCUT2D eigenvalue weighted by Gasteiger charge is -2.33. The molecule has 4 saturated heterocycles. The Hall–Kier alpha value is -9.78. The monoisotopic (exact) mass is 1540 g/mol. The summed E-state index contributed by atoms with van der Waals surface area (Å²) in [5, 5.41) is 37.9. The number of halogens is 9. The van der Waals surface area contributed by atoms with Crippen LogP contribution >= 0.6 is 23.2 Å². The first-order valence-electron chi connectivity index (χ1n) is 35.4. The number of carboxylic acids is 1. The zero-order chi connectivity index (χ0) is 79.2. The Balaban J connectivity index is 0.000000153. The molecule has 0 unspecified atom stereocenters. The van der Waals surface area contributed by atoms with Gasteiger partial charge in [0.1, 0.15) is 71.6 Å². The summed E-state index contributed by atoms with van der Waals surface area (Å²) in [4.78, 5) is 71.9. The van der Waals surface area contributed by atoms with Gasteiger partial charge in [0.05, 0.1) is 95.7 Å². The molecule has 38 heteroatoms. The number of nitrogens with one attached hydrogen (secondary N) is 1. The molecule has 0 aliphatic carbocycles. The van der Waals surface area contributed by atoms with Crippen LogP contribution in [0.4, 0.5) is 42.4 Å². The molecule has 108 heavy (non-hydrogen) atoms. The summed E-state index contributed by atoms with van der Waals surface area (Å²) in [5.41, 5.74) is 16.8. The van der Waals surface area contributed by atoms with E-state index in [1.807, 2.05) is 86.7 Å². The number of amides is 2. The molecule has 11 aromatic heterocycles. The third kappa shape index (κ3) is 18.0. The van der Waals surface area contributed by atoms with Crippen molar-refractivity contribution < 1.29 is 60.9 Å².